The maximum Gasteiger partial charge on any atom is 0.215 e. The molecule has 0 saturated heterocycles. The van der Waals surface area contributed by atoms with Crippen molar-refractivity contribution in [1.29, 1.82) is 0 Å². The van der Waals surface area contributed by atoms with E-state index in [4.69, 9.17) is 11.6 Å². The number of anilines is 2. The number of nitrogens with one attached hydrogen (secondary N) is 1. The Balaban J connectivity index is 1.89. The fraction of sp³-hybridized carbons (Fsp3) is 0. The molecule has 108 valence electrons. The second-order valence-corrected chi connectivity index (χ2v) is 5.14. The third-order valence-corrected chi connectivity index (χ3v) is 3.61. The molecule has 1 N–H and O–H groups in total. The fourth-order valence-electron chi connectivity index (χ4n) is 2.29. The molecule has 2 heterocycles. The molecular weight excluding hydrogens is 305 g/mol. The van der Waals surface area contributed by atoms with Crippen LogP contribution >= 0.6 is 11.6 Å². The first-order valence-electron chi connectivity index (χ1n) is 6.53. The van der Waals surface area contributed by atoms with Gasteiger partial charge in [0, 0.05) is 11.1 Å². The van der Waals surface area contributed by atoms with Gasteiger partial charge in [-0.3, -0.25) is 4.40 Å². The van der Waals surface area contributed by atoms with Gasteiger partial charge >= 0.3 is 0 Å². The van der Waals surface area contributed by atoms with Crippen molar-refractivity contribution in [2.45, 2.75) is 0 Å². The summed E-state index contributed by atoms with van der Waals surface area (Å²) in [5, 5.41) is 12.1. The van der Waals surface area contributed by atoms with Crippen molar-refractivity contribution in [2.24, 2.45) is 0 Å². The topological polar surface area (TPSA) is 55.1 Å². The van der Waals surface area contributed by atoms with Crippen molar-refractivity contribution >= 4 is 39.8 Å². The lowest BCUT2D eigenvalue weighted by Gasteiger charge is -2.09. The molecular formula is C15H9ClFN5. The molecule has 4 aromatic rings. The predicted octanol–water partition coefficient (Wildman–Crippen LogP) is 3.81. The Hall–Kier alpha value is -2.73. The summed E-state index contributed by atoms with van der Waals surface area (Å²) in [6.07, 6.45) is 1.57. The summed E-state index contributed by atoms with van der Waals surface area (Å²) in [5.74, 6) is 0.0644. The molecule has 4 rings (SSSR count). The minimum Gasteiger partial charge on any atom is -0.325 e. The number of para-hydroxylation sites is 1. The molecule has 0 bridgehead atoms. The van der Waals surface area contributed by atoms with Crippen molar-refractivity contribution in [2.75, 3.05) is 5.32 Å². The van der Waals surface area contributed by atoms with Crippen molar-refractivity contribution in [3.63, 3.8) is 0 Å². The quantitative estimate of drug-likeness (QED) is 0.611. The Morgan fingerprint density at radius 1 is 1.14 bits per heavy atom. The normalized spacial score (nSPS) is 11.2. The van der Waals surface area contributed by atoms with Crippen LogP contribution in [0.3, 0.4) is 0 Å². The molecule has 0 unspecified atom stereocenters. The van der Waals surface area contributed by atoms with Crippen LogP contribution in [0.4, 0.5) is 16.0 Å². The van der Waals surface area contributed by atoms with E-state index in [1.54, 1.807) is 16.8 Å². The predicted molar refractivity (Wildman–Crippen MR) is 83.0 cm³/mol. The van der Waals surface area contributed by atoms with E-state index in [1.165, 1.54) is 12.1 Å². The second-order valence-electron chi connectivity index (χ2n) is 4.73. The number of aromatic nitrogens is 4. The van der Waals surface area contributed by atoms with Gasteiger partial charge in [-0.2, -0.15) is 0 Å². The monoisotopic (exact) mass is 313 g/mol. The Kier molecular flexibility index (Phi) is 2.90. The van der Waals surface area contributed by atoms with E-state index < -0.39 is 5.82 Å². The van der Waals surface area contributed by atoms with E-state index in [0.717, 1.165) is 10.9 Å². The Morgan fingerprint density at radius 2 is 2.00 bits per heavy atom. The van der Waals surface area contributed by atoms with Crippen LogP contribution in [0.1, 0.15) is 0 Å². The number of rotatable bonds is 2. The van der Waals surface area contributed by atoms with Crippen molar-refractivity contribution in [1.82, 2.24) is 19.6 Å². The average molecular weight is 314 g/mol. The van der Waals surface area contributed by atoms with Crippen LogP contribution in [0.2, 0.25) is 5.02 Å². The zero-order valence-corrected chi connectivity index (χ0v) is 11.9. The summed E-state index contributed by atoms with van der Waals surface area (Å²) in [6.45, 7) is 0. The molecule has 5 nitrogen and oxygen atoms in total. The molecule has 2 aromatic carbocycles. The van der Waals surface area contributed by atoms with E-state index in [0.29, 0.717) is 17.3 Å². The lowest BCUT2D eigenvalue weighted by atomic mass is 10.2. The summed E-state index contributed by atoms with van der Waals surface area (Å²) in [6, 6.07) is 12.1. The van der Waals surface area contributed by atoms with Gasteiger partial charge < -0.3 is 5.32 Å². The van der Waals surface area contributed by atoms with E-state index in [1.807, 2.05) is 24.3 Å². The zero-order valence-electron chi connectivity index (χ0n) is 11.2. The molecule has 0 aliphatic rings. The lowest BCUT2D eigenvalue weighted by Crippen LogP contribution is -2.02. The average Bonchev–Trinajstić information content (AvgIpc) is 3.01. The highest BCUT2D eigenvalue weighted by molar-refractivity contribution is 6.31. The molecule has 7 heteroatoms. The minimum absolute atomic E-state index is 0.0470. The number of benzene rings is 2. The molecule has 0 radical (unpaired) electrons. The van der Waals surface area contributed by atoms with Gasteiger partial charge in [0.2, 0.25) is 5.95 Å². The van der Waals surface area contributed by atoms with Gasteiger partial charge in [-0.15, -0.1) is 10.2 Å². The van der Waals surface area contributed by atoms with E-state index in [9.17, 15) is 4.39 Å². The van der Waals surface area contributed by atoms with Gasteiger partial charge in [0.05, 0.1) is 10.5 Å². The molecule has 2 aromatic heterocycles. The van der Waals surface area contributed by atoms with Crippen LogP contribution in [0.5, 0.6) is 0 Å². The number of nitrogens with zero attached hydrogens (tertiary/aromatic N) is 4. The lowest BCUT2D eigenvalue weighted by molar-refractivity contribution is 0.628. The highest BCUT2D eigenvalue weighted by Gasteiger charge is 2.10. The van der Waals surface area contributed by atoms with E-state index in [2.05, 4.69) is 20.5 Å². The van der Waals surface area contributed by atoms with Gasteiger partial charge in [0.15, 0.2) is 5.65 Å². The Labute approximate surface area is 129 Å². The van der Waals surface area contributed by atoms with E-state index in [-0.39, 0.29) is 5.02 Å². The molecule has 0 spiro atoms. The number of hydrogen-bond donors (Lipinski definition) is 1. The van der Waals surface area contributed by atoms with Gasteiger partial charge in [0.1, 0.15) is 12.1 Å². The molecule has 0 amide bonds. The van der Waals surface area contributed by atoms with Crippen LogP contribution in [0.25, 0.3) is 16.6 Å². The molecule has 0 fully saturated rings. The third kappa shape index (κ3) is 2.05. The smallest absolute Gasteiger partial charge is 0.215 e. The van der Waals surface area contributed by atoms with Crippen LogP contribution < -0.4 is 5.32 Å². The van der Waals surface area contributed by atoms with Gasteiger partial charge in [-0.25, -0.2) is 9.37 Å². The summed E-state index contributed by atoms with van der Waals surface area (Å²) >= 11 is 5.81. The van der Waals surface area contributed by atoms with Crippen LogP contribution in [-0.2, 0) is 0 Å². The van der Waals surface area contributed by atoms with Crippen LogP contribution in [0.15, 0.2) is 48.8 Å². The second kappa shape index (κ2) is 4.92. The van der Waals surface area contributed by atoms with Gasteiger partial charge in [0.25, 0.3) is 0 Å². The first-order chi connectivity index (χ1) is 10.7. The number of halogens is 2. The van der Waals surface area contributed by atoms with Gasteiger partial charge in [-0.05, 0) is 30.3 Å². The highest BCUT2D eigenvalue weighted by Crippen LogP contribution is 2.25. The van der Waals surface area contributed by atoms with Crippen LogP contribution in [0, 0.1) is 5.82 Å². The van der Waals surface area contributed by atoms with E-state index >= 15 is 0 Å². The molecule has 0 saturated carbocycles. The number of hydrogen-bond acceptors (Lipinski definition) is 4. The first-order valence-corrected chi connectivity index (χ1v) is 6.91. The Bertz CT molecular complexity index is 998. The van der Waals surface area contributed by atoms with Crippen molar-refractivity contribution in [3.8, 4) is 0 Å². The Morgan fingerprint density at radius 3 is 2.86 bits per heavy atom. The first kappa shape index (κ1) is 13.0. The molecule has 22 heavy (non-hydrogen) atoms. The van der Waals surface area contributed by atoms with Crippen molar-refractivity contribution < 1.29 is 4.39 Å². The maximum atomic E-state index is 13.2. The van der Waals surface area contributed by atoms with Crippen molar-refractivity contribution in [3.05, 3.63) is 59.6 Å². The zero-order chi connectivity index (χ0) is 15.1. The number of fused-ring (bicyclic) bond motifs is 3. The summed E-state index contributed by atoms with van der Waals surface area (Å²) < 4.78 is 15.0. The minimum atomic E-state index is -0.465. The van der Waals surface area contributed by atoms with Gasteiger partial charge in [-0.1, -0.05) is 23.7 Å². The molecule has 0 aliphatic heterocycles. The SMILES string of the molecule is Fc1ccc(Nc2nc3ccccc3c3nncn23)cc1Cl. The summed E-state index contributed by atoms with van der Waals surface area (Å²) in [7, 11) is 0. The van der Waals surface area contributed by atoms with Crippen LogP contribution in [-0.4, -0.2) is 19.6 Å². The molecule has 0 aliphatic carbocycles. The summed E-state index contributed by atoms with van der Waals surface area (Å²) in [5.41, 5.74) is 2.11. The fourth-order valence-corrected chi connectivity index (χ4v) is 2.47. The largest absolute Gasteiger partial charge is 0.325 e. The molecule has 0 atom stereocenters. The maximum absolute atomic E-state index is 13.2. The standard InChI is InChI=1S/C15H9ClFN5/c16-11-7-9(5-6-12(11)17)19-15-20-13-4-2-1-3-10(13)14-21-18-8-22(14)15/h1-8H,(H,19,20). The third-order valence-electron chi connectivity index (χ3n) is 3.32. The highest BCUT2D eigenvalue weighted by atomic mass is 35.5. The summed E-state index contributed by atoms with van der Waals surface area (Å²) in [4.78, 5) is 4.56.